The molecule has 0 saturated carbocycles. The molecule has 0 bridgehead atoms. The van der Waals surface area contributed by atoms with Gasteiger partial charge in [0.05, 0.1) is 0 Å². The maximum Gasteiger partial charge on any atom is 0.0484 e. The zero-order valence-corrected chi connectivity index (χ0v) is 9.06. The number of benzene rings is 1. The van der Waals surface area contributed by atoms with Crippen LogP contribution in [0.15, 0.2) is 30.9 Å². The van der Waals surface area contributed by atoms with E-state index in [4.69, 9.17) is 11.6 Å². The van der Waals surface area contributed by atoms with Crippen molar-refractivity contribution in [2.45, 2.75) is 19.8 Å². The van der Waals surface area contributed by atoms with E-state index in [9.17, 15) is 0 Å². The fourth-order valence-corrected chi connectivity index (χ4v) is 2.30. The van der Waals surface area contributed by atoms with E-state index in [2.05, 4.69) is 25.6 Å². The molecule has 0 unspecified atom stereocenters. The molecule has 0 radical (unpaired) electrons. The Bertz CT molecular complexity index is 413. The van der Waals surface area contributed by atoms with Gasteiger partial charge in [0.25, 0.3) is 0 Å². The highest BCUT2D eigenvalue weighted by Crippen LogP contribution is 2.37. The molecule has 0 atom stereocenters. The minimum absolute atomic E-state index is 0.871. The van der Waals surface area contributed by atoms with E-state index in [0.29, 0.717) is 0 Å². The zero-order valence-electron chi connectivity index (χ0n) is 8.31. The molecule has 0 saturated heterocycles. The van der Waals surface area contributed by atoms with Crippen molar-refractivity contribution in [1.82, 2.24) is 0 Å². The molecule has 1 heteroatoms. The SMILES string of the molecule is C=CCC1=CCc2c(C)ccc(Cl)c21. The number of rotatable bonds is 2. The van der Waals surface area contributed by atoms with Crippen LogP contribution in [0.5, 0.6) is 0 Å². The van der Waals surface area contributed by atoms with Crippen LogP contribution in [0.4, 0.5) is 0 Å². The fraction of sp³-hybridized carbons (Fsp3) is 0.231. The van der Waals surface area contributed by atoms with Crippen LogP contribution in [-0.4, -0.2) is 0 Å². The van der Waals surface area contributed by atoms with Crippen molar-refractivity contribution in [3.8, 4) is 0 Å². The van der Waals surface area contributed by atoms with Crippen molar-refractivity contribution in [2.75, 3.05) is 0 Å². The van der Waals surface area contributed by atoms with Gasteiger partial charge in [0.1, 0.15) is 0 Å². The van der Waals surface area contributed by atoms with E-state index >= 15 is 0 Å². The predicted molar refractivity (Wildman–Crippen MR) is 62.7 cm³/mol. The lowest BCUT2D eigenvalue weighted by Crippen LogP contribution is -1.90. The van der Waals surface area contributed by atoms with E-state index < -0.39 is 0 Å². The molecule has 1 aromatic rings. The van der Waals surface area contributed by atoms with Crippen LogP contribution >= 0.6 is 11.6 Å². The number of hydrogen-bond donors (Lipinski definition) is 0. The van der Waals surface area contributed by atoms with Crippen LogP contribution in [0.3, 0.4) is 0 Å². The normalized spacial score (nSPS) is 13.7. The first-order chi connectivity index (χ1) is 6.74. The molecular formula is C13H13Cl. The van der Waals surface area contributed by atoms with Crippen LogP contribution < -0.4 is 0 Å². The highest BCUT2D eigenvalue weighted by Gasteiger charge is 2.17. The Morgan fingerprint density at radius 1 is 1.50 bits per heavy atom. The van der Waals surface area contributed by atoms with Crippen molar-refractivity contribution < 1.29 is 0 Å². The zero-order chi connectivity index (χ0) is 10.1. The Hall–Kier alpha value is -1.01. The maximum atomic E-state index is 6.20. The van der Waals surface area contributed by atoms with Gasteiger partial charge in [-0.25, -0.2) is 0 Å². The van der Waals surface area contributed by atoms with Crippen LogP contribution in [0.1, 0.15) is 23.1 Å². The number of hydrogen-bond acceptors (Lipinski definition) is 0. The molecule has 0 amide bonds. The molecule has 0 fully saturated rings. The quantitative estimate of drug-likeness (QED) is 0.635. The Labute approximate surface area is 89.9 Å². The lowest BCUT2D eigenvalue weighted by Gasteiger charge is -2.08. The summed E-state index contributed by atoms with van der Waals surface area (Å²) in [6, 6.07) is 4.07. The van der Waals surface area contributed by atoms with Gasteiger partial charge >= 0.3 is 0 Å². The Morgan fingerprint density at radius 3 is 3.00 bits per heavy atom. The largest absolute Gasteiger partial charge is 0.103 e. The van der Waals surface area contributed by atoms with Gasteiger partial charge in [0, 0.05) is 10.6 Å². The third kappa shape index (κ3) is 1.40. The molecular weight excluding hydrogens is 192 g/mol. The van der Waals surface area contributed by atoms with Gasteiger partial charge in [-0.2, -0.15) is 0 Å². The average molecular weight is 205 g/mol. The van der Waals surface area contributed by atoms with Gasteiger partial charge in [-0.1, -0.05) is 29.8 Å². The van der Waals surface area contributed by atoms with E-state index in [0.717, 1.165) is 17.9 Å². The number of allylic oxidation sites excluding steroid dienone is 3. The van der Waals surface area contributed by atoms with Crippen molar-refractivity contribution in [1.29, 1.82) is 0 Å². The summed E-state index contributed by atoms with van der Waals surface area (Å²) < 4.78 is 0. The second kappa shape index (κ2) is 3.62. The molecule has 14 heavy (non-hydrogen) atoms. The van der Waals surface area contributed by atoms with E-state index in [1.807, 2.05) is 12.1 Å². The number of aryl methyl sites for hydroxylation is 1. The molecule has 0 spiro atoms. The molecule has 0 aromatic heterocycles. The van der Waals surface area contributed by atoms with Gasteiger partial charge in [0.2, 0.25) is 0 Å². The second-order valence-electron chi connectivity index (χ2n) is 3.64. The van der Waals surface area contributed by atoms with E-state index in [1.165, 1.54) is 22.3 Å². The Morgan fingerprint density at radius 2 is 2.29 bits per heavy atom. The van der Waals surface area contributed by atoms with Crippen molar-refractivity contribution in [2.24, 2.45) is 0 Å². The molecule has 0 heterocycles. The monoisotopic (exact) mass is 204 g/mol. The first kappa shape index (κ1) is 9.54. The third-order valence-electron chi connectivity index (χ3n) is 2.73. The summed E-state index contributed by atoms with van der Waals surface area (Å²) in [7, 11) is 0. The van der Waals surface area contributed by atoms with Crippen LogP contribution in [0.25, 0.3) is 5.57 Å². The summed E-state index contributed by atoms with van der Waals surface area (Å²) in [6.07, 6.45) is 6.12. The van der Waals surface area contributed by atoms with E-state index in [-0.39, 0.29) is 0 Å². The molecule has 0 N–H and O–H groups in total. The average Bonchev–Trinajstić information content (AvgIpc) is 2.58. The van der Waals surface area contributed by atoms with Gasteiger partial charge in [-0.05, 0) is 42.5 Å². The van der Waals surface area contributed by atoms with Crippen molar-refractivity contribution in [3.05, 3.63) is 52.6 Å². The molecule has 72 valence electrons. The summed E-state index contributed by atoms with van der Waals surface area (Å²) >= 11 is 6.20. The first-order valence-corrected chi connectivity index (χ1v) is 5.20. The summed E-state index contributed by atoms with van der Waals surface area (Å²) in [5.74, 6) is 0. The van der Waals surface area contributed by atoms with Gasteiger partial charge in [-0.15, -0.1) is 6.58 Å². The molecule has 1 aliphatic carbocycles. The first-order valence-electron chi connectivity index (χ1n) is 4.82. The van der Waals surface area contributed by atoms with Crippen molar-refractivity contribution >= 4 is 17.2 Å². The van der Waals surface area contributed by atoms with Gasteiger partial charge in [-0.3, -0.25) is 0 Å². The number of halogens is 1. The molecule has 0 nitrogen and oxygen atoms in total. The van der Waals surface area contributed by atoms with Crippen LogP contribution in [0, 0.1) is 6.92 Å². The summed E-state index contributed by atoms with van der Waals surface area (Å²) in [6.45, 7) is 5.90. The predicted octanol–water partition coefficient (Wildman–Crippen LogP) is 4.16. The Kier molecular flexibility index (Phi) is 2.47. The van der Waals surface area contributed by atoms with Crippen molar-refractivity contribution in [3.63, 3.8) is 0 Å². The maximum absolute atomic E-state index is 6.20. The Balaban J connectivity index is 2.53. The smallest absolute Gasteiger partial charge is 0.0484 e. The standard InChI is InChI=1S/C13H13Cl/c1-3-4-10-6-7-11-9(2)5-8-12(14)13(10)11/h3,5-6,8H,1,4,7H2,2H3. The van der Waals surface area contributed by atoms with Crippen LogP contribution in [0.2, 0.25) is 5.02 Å². The molecule has 1 aromatic carbocycles. The topological polar surface area (TPSA) is 0 Å². The summed E-state index contributed by atoms with van der Waals surface area (Å²) in [5.41, 5.74) is 5.28. The highest BCUT2D eigenvalue weighted by atomic mass is 35.5. The van der Waals surface area contributed by atoms with E-state index in [1.54, 1.807) is 0 Å². The third-order valence-corrected chi connectivity index (χ3v) is 3.05. The lowest BCUT2D eigenvalue weighted by atomic mass is 9.99. The summed E-state index contributed by atoms with van der Waals surface area (Å²) in [4.78, 5) is 0. The van der Waals surface area contributed by atoms with Crippen LogP contribution in [-0.2, 0) is 6.42 Å². The molecule has 1 aliphatic rings. The fourth-order valence-electron chi connectivity index (χ4n) is 2.00. The molecule has 0 aliphatic heterocycles. The summed E-state index contributed by atoms with van der Waals surface area (Å²) in [5, 5.41) is 0.871. The van der Waals surface area contributed by atoms with Gasteiger partial charge in [0.15, 0.2) is 0 Å². The second-order valence-corrected chi connectivity index (χ2v) is 4.05. The minimum atomic E-state index is 0.871. The highest BCUT2D eigenvalue weighted by molar-refractivity contribution is 6.32. The molecule has 2 rings (SSSR count). The lowest BCUT2D eigenvalue weighted by molar-refractivity contribution is 1.24. The minimum Gasteiger partial charge on any atom is -0.103 e. The number of fused-ring (bicyclic) bond motifs is 1. The van der Waals surface area contributed by atoms with Gasteiger partial charge < -0.3 is 0 Å².